The molecule has 1 fully saturated rings. The van der Waals surface area contributed by atoms with Crippen molar-refractivity contribution in [2.75, 3.05) is 31.6 Å². The second kappa shape index (κ2) is 8.47. The van der Waals surface area contributed by atoms with Crippen molar-refractivity contribution in [1.29, 1.82) is 0 Å². The van der Waals surface area contributed by atoms with E-state index in [0.29, 0.717) is 19.6 Å². The number of ether oxygens (including phenoxy) is 1. The summed E-state index contributed by atoms with van der Waals surface area (Å²) < 4.78 is 5.55. The quantitative estimate of drug-likeness (QED) is 0.675. The third-order valence-corrected chi connectivity index (χ3v) is 5.08. The highest BCUT2D eigenvalue weighted by Gasteiger charge is 2.38. The van der Waals surface area contributed by atoms with Gasteiger partial charge in [0.2, 0.25) is 11.8 Å². The minimum atomic E-state index is -0.399. The van der Waals surface area contributed by atoms with Gasteiger partial charge in [0.15, 0.2) is 0 Å². The summed E-state index contributed by atoms with van der Waals surface area (Å²) in [6.07, 6.45) is 0.184. The van der Waals surface area contributed by atoms with Crippen LogP contribution < -0.4 is 4.90 Å². The Labute approximate surface area is 156 Å². The van der Waals surface area contributed by atoms with Gasteiger partial charge in [-0.25, -0.2) is 0 Å². The van der Waals surface area contributed by atoms with Crippen LogP contribution in [0.1, 0.15) is 20.3 Å². The molecule has 0 radical (unpaired) electrons. The lowest BCUT2D eigenvalue weighted by atomic mass is 10.1. The van der Waals surface area contributed by atoms with Crippen LogP contribution in [0.3, 0.4) is 0 Å². The lowest BCUT2D eigenvalue weighted by Gasteiger charge is -2.26. The molecule has 1 aromatic carbocycles. The van der Waals surface area contributed by atoms with E-state index in [1.807, 2.05) is 31.2 Å². The Bertz CT molecular complexity index is 664. The molecule has 0 bridgehead atoms. The van der Waals surface area contributed by atoms with Gasteiger partial charge in [-0.2, -0.15) is 0 Å². The topological polar surface area (TPSA) is 66.9 Å². The largest absolute Gasteiger partial charge is 0.469 e. The fourth-order valence-corrected chi connectivity index (χ4v) is 3.51. The Hall–Kier alpha value is -1.89. The van der Waals surface area contributed by atoms with Crippen LogP contribution in [-0.4, -0.2) is 49.4 Å². The van der Waals surface area contributed by atoms with E-state index >= 15 is 0 Å². The van der Waals surface area contributed by atoms with Gasteiger partial charge in [-0.15, -0.1) is 0 Å². The number of carbonyl (C=O) groups excluding carboxylic acids is 3. The molecule has 1 heterocycles. The summed E-state index contributed by atoms with van der Waals surface area (Å²) in [6.45, 7) is 4.73. The first-order valence-corrected chi connectivity index (χ1v) is 9.09. The number of amides is 2. The molecule has 2 amide bonds. The normalized spacial score (nSPS) is 18.2. The monoisotopic (exact) mass is 410 g/mol. The predicted octanol–water partition coefficient (Wildman–Crippen LogP) is 2.46. The highest BCUT2D eigenvalue weighted by molar-refractivity contribution is 9.10. The van der Waals surface area contributed by atoms with Crippen LogP contribution in [0.4, 0.5) is 5.69 Å². The van der Waals surface area contributed by atoms with E-state index < -0.39 is 11.8 Å². The van der Waals surface area contributed by atoms with E-state index in [1.54, 1.807) is 16.7 Å². The van der Waals surface area contributed by atoms with Gasteiger partial charge in [0, 0.05) is 30.5 Å². The molecule has 1 aliphatic rings. The van der Waals surface area contributed by atoms with Crippen LogP contribution in [0, 0.1) is 11.8 Å². The molecule has 2 unspecified atom stereocenters. The highest BCUT2D eigenvalue weighted by Crippen LogP contribution is 2.32. The number of nitrogens with zero attached hydrogens (tertiary/aromatic N) is 2. The smallest absolute Gasteiger partial charge is 0.310 e. The average molecular weight is 411 g/mol. The van der Waals surface area contributed by atoms with Crippen molar-refractivity contribution in [2.45, 2.75) is 20.3 Å². The zero-order chi connectivity index (χ0) is 18.6. The molecule has 136 valence electrons. The summed E-state index contributed by atoms with van der Waals surface area (Å²) in [5, 5.41) is 0. The molecule has 1 aromatic rings. The van der Waals surface area contributed by atoms with E-state index in [1.165, 1.54) is 7.11 Å². The third-order valence-electron chi connectivity index (χ3n) is 4.41. The van der Waals surface area contributed by atoms with E-state index in [4.69, 9.17) is 4.74 Å². The molecule has 0 saturated carbocycles. The summed E-state index contributed by atoms with van der Waals surface area (Å²) in [7, 11) is 1.34. The first kappa shape index (κ1) is 19.4. The Balaban J connectivity index is 2.08. The summed E-state index contributed by atoms with van der Waals surface area (Å²) in [5.74, 6) is -1.30. The number of para-hydroxylation sites is 1. The van der Waals surface area contributed by atoms with Gasteiger partial charge in [-0.05, 0) is 35.0 Å². The predicted molar refractivity (Wildman–Crippen MR) is 98.0 cm³/mol. The van der Waals surface area contributed by atoms with Gasteiger partial charge in [0.25, 0.3) is 0 Å². The van der Waals surface area contributed by atoms with Crippen molar-refractivity contribution in [3.63, 3.8) is 0 Å². The molecular formula is C18H23BrN2O4. The van der Waals surface area contributed by atoms with E-state index in [9.17, 15) is 14.4 Å². The molecule has 0 aromatic heterocycles. The summed E-state index contributed by atoms with van der Waals surface area (Å²) in [6, 6.07) is 7.46. The maximum absolute atomic E-state index is 12.8. The van der Waals surface area contributed by atoms with Crippen molar-refractivity contribution in [2.24, 2.45) is 11.8 Å². The number of benzene rings is 1. The van der Waals surface area contributed by atoms with Crippen molar-refractivity contribution in [1.82, 2.24) is 4.90 Å². The van der Waals surface area contributed by atoms with Crippen LogP contribution >= 0.6 is 15.9 Å². The zero-order valence-electron chi connectivity index (χ0n) is 14.7. The molecule has 6 nitrogen and oxygen atoms in total. The second-order valence-corrected chi connectivity index (χ2v) is 7.01. The Kier molecular flexibility index (Phi) is 6.58. The van der Waals surface area contributed by atoms with Crippen molar-refractivity contribution >= 4 is 39.4 Å². The lowest BCUT2D eigenvalue weighted by molar-refractivity contribution is -0.147. The first-order chi connectivity index (χ1) is 11.9. The maximum atomic E-state index is 12.8. The number of methoxy groups -OCH3 is 1. The minimum Gasteiger partial charge on any atom is -0.469 e. The summed E-state index contributed by atoms with van der Waals surface area (Å²) >= 11 is 3.45. The van der Waals surface area contributed by atoms with Crippen LogP contribution in [0.2, 0.25) is 0 Å². The average Bonchev–Trinajstić information content (AvgIpc) is 3.00. The molecular weight excluding hydrogens is 388 g/mol. The van der Waals surface area contributed by atoms with E-state index in [2.05, 4.69) is 15.9 Å². The Morgan fingerprint density at radius 3 is 2.68 bits per heavy atom. The van der Waals surface area contributed by atoms with E-state index in [-0.39, 0.29) is 24.2 Å². The fourth-order valence-electron chi connectivity index (χ4n) is 3.02. The van der Waals surface area contributed by atoms with Crippen LogP contribution in [0.15, 0.2) is 28.7 Å². The number of esters is 1. The van der Waals surface area contributed by atoms with Gasteiger partial charge in [0.05, 0.1) is 24.6 Å². The fraction of sp³-hybridized carbons (Fsp3) is 0.500. The number of carbonyl (C=O) groups is 3. The molecule has 1 saturated heterocycles. The van der Waals surface area contributed by atoms with Crippen molar-refractivity contribution in [3.8, 4) is 0 Å². The molecule has 0 aliphatic carbocycles. The molecule has 0 N–H and O–H groups in total. The number of hydrogen-bond donors (Lipinski definition) is 0. The van der Waals surface area contributed by atoms with Gasteiger partial charge in [-0.3, -0.25) is 14.4 Å². The standard InChI is InChI=1S/C18H23BrN2O4/c1-4-20(10-12(2)18(24)25-3)17(23)13-9-16(22)21(11-13)15-8-6-5-7-14(15)19/h5-8,12-13H,4,9-11H2,1-3H3. The summed E-state index contributed by atoms with van der Waals surface area (Å²) in [5.41, 5.74) is 0.772. The van der Waals surface area contributed by atoms with Gasteiger partial charge in [0.1, 0.15) is 0 Å². The SMILES string of the molecule is CCN(CC(C)C(=O)OC)C(=O)C1CC(=O)N(c2ccccc2Br)C1. The molecule has 2 atom stereocenters. The molecule has 0 spiro atoms. The van der Waals surface area contributed by atoms with Gasteiger partial charge >= 0.3 is 5.97 Å². The van der Waals surface area contributed by atoms with Crippen molar-refractivity contribution < 1.29 is 19.1 Å². The first-order valence-electron chi connectivity index (χ1n) is 8.30. The van der Waals surface area contributed by atoms with Crippen molar-refractivity contribution in [3.05, 3.63) is 28.7 Å². The molecule has 7 heteroatoms. The van der Waals surface area contributed by atoms with Gasteiger partial charge in [-0.1, -0.05) is 19.1 Å². The molecule has 25 heavy (non-hydrogen) atoms. The minimum absolute atomic E-state index is 0.0673. The Morgan fingerprint density at radius 1 is 1.40 bits per heavy atom. The number of halogens is 1. The lowest BCUT2D eigenvalue weighted by Crippen LogP contribution is -2.41. The Morgan fingerprint density at radius 2 is 2.08 bits per heavy atom. The van der Waals surface area contributed by atoms with E-state index in [0.717, 1.165) is 10.2 Å². The van der Waals surface area contributed by atoms with Crippen LogP contribution in [0.5, 0.6) is 0 Å². The number of rotatable bonds is 6. The number of hydrogen-bond acceptors (Lipinski definition) is 4. The maximum Gasteiger partial charge on any atom is 0.310 e. The third kappa shape index (κ3) is 4.39. The van der Waals surface area contributed by atoms with Crippen LogP contribution in [0.25, 0.3) is 0 Å². The van der Waals surface area contributed by atoms with Crippen LogP contribution in [-0.2, 0) is 19.1 Å². The molecule has 1 aliphatic heterocycles. The van der Waals surface area contributed by atoms with Gasteiger partial charge < -0.3 is 14.5 Å². The molecule has 2 rings (SSSR count). The zero-order valence-corrected chi connectivity index (χ0v) is 16.3. The summed E-state index contributed by atoms with van der Waals surface area (Å²) in [4.78, 5) is 40.1. The highest BCUT2D eigenvalue weighted by atomic mass is 79.9. The second-order valence-electron chi connectivity index (χ2n) is 6.16. The number of anilines is 1.